The maximum absolute atomic E-state index is 11.2. The summed E-state index contributed by atoms with van der Waals surface area (Å²) in [5, 5.41) is 9.25. The van der Waals surface area contributed by atoms with Crippen molar-refractivity contribution >= 4 is 21.9 Å². The molecule has 1 unspecified atom stereocenters. The first-order chi connectivity index (χ1) is 8.00. The average Bonchev–Trinajstić information content (AvgIpc) is 2.25. The summed E-state index contributed by atoms with van der Waals surface area (Å²) in [6, 6.07) is 7.57. The molecule has 0 spiro atoms. The van der Waals surface area contributed by atoms with Crippen molar-refractivity contribution in [1.29, 1.82) is 0 Å². The molecule has 0 radical (unpaired) electrons. The third-order valence-electron chi connectivity index (χ3n) is 2.84. The van der Waals surface area contributed by atoms with Gasteiger partial charge in [0, 0.05) is 4.47 Å². The first kappa shape index (κ1) is 14.2. The molecule has 3 heteroatoms. The maximum Gasteiger partial charge on any atom is 0.310 e. The van der Waals surface area contributed by atoms with Gasteiger partial charge in [0.1, 0.15) is 0 Å². The number of hydrogen-bond acceptors (Lipinski definition) is 1. The van der Waals surface area contributed by atoms with Crippen molar-refractivity contribution in [2.75, 3.05) is 0 Å². The van der Waals surface area contributed by atoms with Crippen LogP contribution in [0.1, 0.15) is 44.6 Å². The van der Waals surface area contributed by atoms with Gasteiger partial charge in [0.05, 0.1) is 5.92 Å². The number of rotatable bonds is 6. The number of aliphatic carboxylic acids is 1. The molecule has 0 aromatic heterocycles. The van der Waals surface area contributed by atoms with Gasteiger partial charge in [-0.25, -0.2) is 0 Å². The molecule has 1 aromatic carbocycles. The SMILES string of the molecule is CC(C)CCCC(C(=O)O)c1ccc(Br)cc1. The lowest BCUT2D eigenvalue weighted by Gasteiger charge is -2.13. The lowest BCUT2D eigenvalue weighted by atomic mass is 9.92. The topological polar surface area (TPSA) is 37.3 Å². The Bertz CT molecular complexity index is 357. The highest BCUT2D eigenvalue weighted by Crippen LogP contribution is 2.25. The molecule has 0 aliphatic carbocycles. The van der Waals surface area contributed by atoms with Crippen LogP contribution in [0.2, 0.25) is 0 Å². The van der Waals surface area contributed by atoms with Crippen LogP contribution in [0.15, 0.2) is 28.7 Å². The highest BCUT2D eigenvalue weighted by molar-refractivity contribution is 9.10. The summed E-state index contributed by atoms with van der Waals surface area (Å²) >= 11 is 3.36. The molecule has 1 aromatic rings. The highest BCUT2D eigenvalue weighted by atomic mass is 79.9. The van der Waals surface area contributed by atoms with Crippen LogP contribution in [0.3, 0.4) is 0 Å². The van der Waals surface area contributed by atoms with E-state index in [0.717, 1.165) is 29.3 Å². The monoisotopic (exact) mass is 298 g/mol. The highest BCUT2D eigenvalue weighted by Gasteiger charge is 2.19. The van der Waals surface area contributed by atoms with Gasteiger partial charge in [-0.05, 0) is 30.0 Å². The average molecular weight is 299 g/mol. The van der Waals surface area contributed by atoms with Crippen LogP contribution in [0.25, 0.3) is 0 Å². The van der Waals surface area contributed by atoms with Gasteiger partial charge in [-0.15, -0.1) is 0 Å². The molecule has 0 bridgehead atoms. The minimum Gasteiger partial charge on any atom is -0.481 e. The fourth-order valence-corrected chi connectivity index (χ4v) is 2.12. The van der Waals surface area contributed by atoms with Gasteiger partial charge in [0.15, 0.2) is 0 Å². The fraction of sp³-hybridized carbons (Fsp3) is 0.500. The number of benzene rings is 1. The Morgan fingerprint density at radius 3 is 2.29 bits per heavy atom. The van der Waals surface area contributed by atoms with E-state index >= 15 is 0 Å². The van der Waals surface area contributed by atoms with E-state index in [0.29, 0.717) is 5.92 Å². The summed E-state index contributed by atoms with van der Waals surface area (Å²) in [4.78, 5) is 11.2. The third kappa shape index (κ3) is 4.90. The summed E-state index contributed by atoms with van der Waals surface area (Å²) in [6.07, 6.45) is 2.76. The van der Waals surface area contributed by atoms with Gasteiger partial charge in [0.25, 0.3) is 0 Å². The Balaban J connectivity index is 2.66. The normalized spacial score (nSPS) is 12.7. The minimum absolute atomic E-state index is 0.373. The van der Waals surface area contributed by atoms with Crippen LogP contribution in [-0.2, 0) is 4.79 Å². The largest absolute Gasteiger partial charge is 0.481 e. The predicted octanol–water partition coefficient (Wildman–Crippen LogP) is 4.44. The molecule has 17 heavy (non-hydrogen) atoms. The van der Waals surface area contributed by atoms with Crippen molar-refractivity contribution in [3.63, 3.8) is 0 Å². The van der Waals surface area contributed by atoms with Crippen LogP contribution in [-0.4, -0.2) is 11.1 Å². The summed E-state index contributed by atoms with van der Waals surface area (Å²) in [5.41, 5.74) is 0.893. The molecule has 0 saturated heterocycles. The zero-order chi connectivity index (χ0) is 12.8. The summed E-state index contributed by atoms with van der Waals surface area (Å²) in [5.74, 6) is -0.465. The first-order valence-corrected chi connectivity index (χ1v) is 6.78. The van der Waals surface area contributed by atoms with Crippen LogP contribution in [0.5, 0.6) is 0 Å². The molecule has 0 amide bonds. The molecule has 1 N–H and O–H groups in total. The van der Waals surface area contributed by atoms with Gasteiger partial charge in [0.2, 0.25) is 0 Å². The Hall–Kier alpha value is -0.830. The molecule has 1 atom stereocenters. The zero-order valence-electron chi connectivity index (χ0n) is 10.3. The van der Waals surface area contributed by atoms with Gasteiger partial charge in [-0.1, -0.05) is 54.8 Å². The molecule has 94 valence electrons. The Morgan fingerprint density at radius 1 is 1.24 bits per heavy atom. The van der Waals surface area contributed by atoms with Crippen molar-refractivity contribution in [2.45, 2.75) is 39.0 Å². The van der Waals surface area contributed by atoms with Crippen molar-refractivity contribution in [2.24, 2.45) is 5.92 Å². The molecular weight excluding hydrogens is 280 g/mol. The lowest BCUT2D eigenvalue weighted by molar-refractivity contribution is -0.139. The summed E-state index contributed by atoms with van der Waals surface area (Å²) in [6.45, 7) is 4.32. The van der Waals surface area contributed by atoms with Gasteiger partial charge >= 0.3 is 5.97 Å². The maximum atomic E-state index is 11.2. The number of hydrogen-bond donors (Lipinski definition) is 1. The quantitative estimate of drug-likeness (QED) is 0.843. The van der Waals surface area contributed by atoms with Gasteiger partial charge in [-0.2, -0.15) is 0 Å². The van der Waals surface area contributed by atoms with Crippen LogP contribution in [0, 0.1) is 5.92 Å². The second kappa shape index (κ2) is 6.80. The second-order valence-corrected chi connectivity index (χ2v) is 5.68. The van der Waals surface area contributed by atoms with Crippen molar-refractivity contribution in [3.8, 4) is 0 Å². The molecular formula is C14H19BrO2. The minimum atomic E-state index is -0.726. The standard InChI is InChI=1S/C14H19BrO2/c1-10(2)4-3-5-13(14(16)17)11-6-8-12(15)9-7-11/h6-10,13H,3-5H2,1-2H3,(H,16,17). The Morgan fingerprint density at radius 2 is 1.82 bits per heavy atom. The van der Waals surface area contributed by atoms with E-state index in [2.05, 4.69) is 29.8 Å². The second-order valence-electron chi connectivity index (χ2n) is 4.77. The molecule has 1 rings (SSSR count). The third-order valence-corrected chi connectivity index (χ3v) is 3.37. The Labute approximate surface area is 111 Å². The van der Waals surface area contributed by atoms with E-state index in [1.165, 1.54) is 0 Å². The van der Waals surface area contributed by atoms with E-state index in [-0.39, 0.29) is 5.92 Å². The number of carboxylic acid groups (broad SMARTS) is 1. The van der Waals surface area contributed by atoms with E-state index in [4.69, 9.17) is 0 Å². The zero-order valence-corrected chi connectivity index (χ0v) is 11.9. The van der Waals surface area contributed by atoms with Gasteiger partial charge < -0.3 is 5.11 Å². The summed E-state index contributed by atoms with van der Waals surface area (Å²) < 4.78 is 0.979. The molecule has 0 fully saturated rings. The predicted molar refractivity (Wildman–Crippen MR) is 73.2 cm³/mol. The summed E-state index contributed by atoms with van der Waals surface area (Å²) in [7, 11) is 0. The first-order valence-electron chi connectivity index (χ1n) is 5.99. The smallest absolute Gasteiger partial charge is 0.310 e. The van der Waals surface area contributed by atoms with E-state index in [9.17, 15) is 9.90 Å². The molecule has 0 saturated carbocycles. The van der Waals surface area contributed by atoms with Crippen molar-refractivity contribution in [3.05, 3.63) is 34.3 Å². The van der Waals surface area contributed by atoms with Crippen LogP contribution in [0.4, 0.5) is 0 Å². The number of halogens is 1. The van der Waals surface area contributed by atoms with E-state index in [1.807, 2.05) is 24.3 Å². The lowest BCUT2D eigenvalue weighted by Crippen LogP contribution is -2.11. The van der Waals surface area contributed by atoms with E-state index < -0.39 is 5.97 Å². The van der Waals surface area contributed by atoms with Crippen molar-refractivity contribution in [1.82, 2.24) is 0 Å². The van der Waals surface area contributed by atoms with Crippen molar-refractivity contribution < 1.29 is 9.90 Å². The Kier molecular flexibility index (Phi) is 5.69. The fourth-order valence-electron chi connectivity index (χ4n) is 1.86. The van der Waals surface area contributed by atoms with Gasteiger partial charge in [-0.3, -0.25) is 4.79 Å². The van der Waals surface area contributed by atoms with E-state index in [1.54, 1.807) is 0 Å². The molecule has 2 nitrogen and oxygen atoms in total. The van der Waals surface area contributed by atoms with Crippen LogP contribution >= 0.6 is 15.9 Å². The van der Waals surface area contributed by atoms with Crippen LogP contribution < -0.4 is 0 Å². The number of carboxylic acids is 1. The number of carbonyl (C=O) groups is 1. The molecule has 0 heterocycles. The molecule has 0 aliphatic rings. The molecule has 0 aliphatic heterocycles.